The number of aryl methyl sites for hydroxylation is 1. The van der Waals surface area contributed by atoms with E-state index in [4.69, 9.17) is 4.74 Å². The zero-order chi connectivity index (χ0) is 18.4. The molecule has 1 aliphatic heterocycles. The van der Waals surface area contributed by atoms with E-state index in [0.29, 0.717) is 6.04 Å². The lowest BCUT2D eigenvalue weighted by Crippen LogP contribution is -2.43. The summed E-state index contributed by atoms with van der Waals surface area (Å²) in [4.78, 5) is 17.5. The molecule has 3 rings (SSSR count). The Morgan fingerprint density at radius 1 is 1.27 bits per heavy atom. The summed E-state index contributed by atoms with van der Waals surface area (Å²) in [5, 5.41) is 4.71. The van der Waals surface area contributed by atoms with Crippen molar-refractivity contribution >= 4 is 10.9 Å². The van der Waals surface area contributed by atoms with Gasteiger partial charge < -0.3 is 19.9 Å². The molecule has 1 aromatic carbocycles. The van der Waals surface area contributed by atoms with E-state index in [-0.39, 0.29) is 5.56 Å². The summed E-state index contributed by atoms with van der Waals surface area (Å²) in [7, 11) is 1.75. The number of H-pyrrole nitrogens is 1. The lowest BCUT2D eigenvalue weighted by Gasteiger charge is -2.32. The van der Waals surface area contributed by atoms with Gasteiger partial charge in [-0.15, -0.1) is 0 Å². The maximum Gasteiger partial charge on any atom is 0.251 e. The quantitative estimate of drug-likeness (QED) is 0.712. The molecule has 0 radical (unpaired) electrons. The van der Waals surface area contributed by atoms with Crippen molar-refractivity contribution < 1.29 is 4.74 Å². The van der Waals surface area contributed by atoms with Crippen LogP contribution in [0.1, 0.15) is 30.9 Å². The lowest BCUT2D eigenvalue weighted by atomic mass is 10.0. The minimum atomic E-state index is 0.0368. The fourth-order valence-corrected chi connectivity index (χ4v) is 3.73. The molecule has 2 aromatic rings. The Morgan fingerprint density at radius 3 is 2.81 bits per heavy atom. The van der Waals surface area contributed by atoms with Gasteiger partial charge >= 0.3 is 0 Å². The Bertz CT molecular complexity index is 763. The molecule has 0 saturated carbocycles. The number of hydrogen-bond donors (Lipinski definition) is 2. The lowest BCUT2D eigenvalue weighted by molar-refractivity contribution is 0.173. The highest BCUT2D eigenvalue weighted by Crippen LogP contribution is 2.16. The molecule has 0 amide bonds. The number of aromatic nitrogens is 1. The molecule has 0 unspecified atom stereocenters. The first-order chi connectivity index (χ1) is 12.7. The number of methoxy groups -OCH3 is 1. The number of aromatic amines is 1. The van der Waals surface area contributed by atoms with Gasteiger partial charge in [-0.2, -0.15) is 0 Å². The van der Waals surface area contributed by atoms with Gasteiger partial charge in [-0.1, -0.05) is 13.0 Å². The second kappa shape index (κ2) is 9.31. The van der Waals surface area contributed by atoms with Gasteiger partial charge in [-0.05, 0) is 67.9 Å². The molecular weight excluding hydrogens is 326 g/mol. The van der Waals surface area contributed by atoms with Crippen LogP contribution in [0.5, 0.6) is 0 Å². The summed E-state index contributed by atoms with van der Waals surface area (Å²) >= 11 is 0. The number of hydrogen-bond acceptors (Lipinski definition) is 4. The number of piperidine rings is 1. The Balaban J connectivity index is 1.52. The summed E-state index contributed by atoms with van der Waals surface area (Å²) in [5.74, 6) is 0. The van der Waals surface area contributed by atoms with Crippen LogP contribution in [0.2, 0.25) is 0 Å². The highest BCUT2D eigenvalue weighted by atomic mass is 16.5. The predicted octanol–water partition coefficient (Wildman–Crippen LogP) is 2.33. The smallest absolute Gasteiger partial charge is 0.251 e. The number of likely N-dealkylation sites (tertiary alicyclic amines) is 1. The van der Waals surface area contributed by atoms with Gasteiger partial charge in [0.1, 0.15) is 0 Å². The topological polar surface area (TPSA) is 57.4 Å². The maximum atomic E-state index is 11.9. The average Bonchev–Trinajstić information content (AvgIpc) is 2.67. The predicted molar refractivity (Wildman–Crippen MR) is 107 cm³/mol. The van der Waals surface area contributed by atoms with Crippen LogP contribution in [-0.4, -0.2) is 55.8 Å². The number of fused-ring (bicyclic) bond motifs is 1. The summed E-state index contributed by atoms with van der Waals surface area (Å²) in [6.07, 6.45) is 4.24. The molecule has 0 atom stereocenters. The van der Waals surface area contributed by atoms with Crippen molar-refractivity contribution in [3.05, 3.63) is 45.7 Å². The van der Waals surface area contributed by atoms with E-state index < -0.39 is 0 Å². The molecule has 0 spiro atoms. The summed E-state index contributed by atoms with van der Waals surface area (Å²) < 4.78 is 5.10. The first kappa shape index (κ1) is 19.1. The van der Waals surface area contributed by atoms with E-state index in [2.05, 4.69) is 27.3 Å². The van der Waals surface area contributed by atoms with Crippen LogP contribution in [0, 0.1) is 0 Å². The molecule has 5 nitrogen and oxygen atoms in total. The van der Waals surface area contributed by atoms with Crippen LogP contribution >= 0.6 is 0 Å². The van der Waals surface area contributed by atoms with Crippen molar-refractivity contribution in [2.24, 2.45) is 0 Å². The Kier molecular flexibility index (Phi) is 6.83. The molecule has 5 heteroatoms. The highest BCUT2D eigenvalue weighted by molar-refractivity contribution is 5.79. The second-order valence-electron chi connectivity index (χ2n) is 7.21. The van der Waals surface area contributed by atoms with E-state index in [9.17, 15) is 4.79 Å². The van der Waals surface area contributed by atoms with Gasteiger partial charge in [0, 0.05) is 37.3 Å². The molecular formula is C21H31N3O2. The van der Waals surface area contributed by atoms with Crippen molar-refractivity contribution in [2.45, 2.75) is 38.6 Å². The number of pyridine rings is 1. The number of benzene rings is 1. The van der Waals surface area contributed by atoms with Gasteiger partial charge in [0.05, 0.1) is 6.61 Å². The summed E-state index contributed by atoms with van der Waals surface area (Å²) in [5.41, 5.74) is 3.17. The first-order valence-corrected chi connectivity index (χ1v) is 9.79. The third-order valence-corrected chi connectivity index (χ3v) is 5.41. The molecule has 1 aromatic heterocycles. The van der Waals surface area contributed by atoms with E-state index in [0.717, 1.165) is 62.1 Å². The van der Waals surface area contributed by atoms with Crippen LogP contribution in [0.25, 0.3) is 10.9 Å². The van der Waals surface area contributed by atoms with Crippen LogP contribution in [0.3, 0.4) is 0 Å². The Labute approximate surface area is 155 Å². The fourth-order valence-electron chi connectivity index (χ4n) is 3.73. The standard InChI is InChI=1S/C21H31N3O2/c1-3-17-15-18-14-16(4-5-20(18)23-21(17)25)6-10-24-11-7-19(8-12-24)22-9-13-26-2/h4-5,14-15,19,22H,3,6-13H2,1-2H3,(H,23,25). The second-order valence-corrected chi connectivity index (χ2v) is 7.21. The number of nitrogens with zero attached hydrogens (tertiary/aromatic N) is 1. The van der Waals surface area contributed by atoms with E-state index >= 15 is 0 Å². The molecule has 0 aliphatic carbocycles. The largest absolute Gasteiger partial charge is 0.383 e. The van der Waals surface area contributed by atoms with Gasteiger partial charge in [0.25, 0.3) is 5.56 Å². The van der Waals surface area contributed by atoms with Crippen molar-refractivity contribution in [2.75, 3.05) is 39.9 Å². The normalized spacial score (nSPS) is 16.4. The van der Waals surface area contributed by atoms with E-state index in [1.165, 1.54) is 18.4 Å². The Morgan fingerprint density at radius 2 is 2.08 bits per heavy atom. The van der Waals surface area contributed by atoms with Gasteiger partial charge in [0.2, 0.25) is 0 Å². The van der Waals surface area contributed by atoms with Crippen molar-refractivity contribution in [1.82, 2.24) is 15.2 Å². The number of rotatable bonds is 8. The monoisotopic (exact) mass is 357 g/mol. The molecule has 2 N–H and O–H groups in total. The van der Waals surface area contributed by atoms with Gasteiger partial charge in [-0.3, -0.25) is 4.79 Å². The van der Waals surface area contributed by atoms with Gasteiger partial charge in [-0.25, -0.2) is 0 Å². The molecule has 1 fully saturated rings. The maximum absolute atomic E-state index is 11.9. The van der Waals surface area contributed by atoms with Crippen LogP contribution < -0.4 is 10.9 Å². The summed E-state index contributed by atoms with van der Waals surface area (Å²) in [6, 6.07) is 9.07. The Hall–Kier alpha value is -1.69. The van der Waals surface area contributed by atoms with Crippen LogP contribution in [0.15, 0.2) is 29.1 Å². The summed E-state index contributed by atoms with van der Waals surface area (Å²) in [6.45, 7) is 7.17. The van der Waals surface area contributed by atoms with E-state index in [1.807, 2.05) is 19.1 Å². The van der Waals surface area contributed by atoms with Crippen LogP contribution in [0.4, 0.5) is 0 Å². The SMILES string of the molecule is CCc1cc2cc(CCN3CCC(NCCOC)CC3)ccc2[nH]c1=O. The first-order valence-electron chi connectivity index (χ1n) is 9.79. The molecule has 2 heterocycles. The molecule has 1 aliphatic rings. The minimum Gasteiger partial charge on any atom is -0.383 e. The third-order valence-electron chi connectivity index (χ3n) is 5.41. The van der Waals surface area contributed by atoms with Gasteiger partial charge in [0.15, 0.2) is 0 Å². The molecule has 142 valence electrons. The minimum absolute atomic E-state index is 0.0368. The van der Waals surface area contributed by atoms with Crippen molar-refractivity contribution in [3.63, 3.8) is 0 Å². The zero-order valence-electron chi connectivity index (χ0n) is 16.0. The fraction of sp³-hybridized carbons (Fsp3) is 0.571. The van der Waals surface area contributed by atoms with Crippen LogP contribution in [-0.2, 0) is 17.6 Å². The van der Waals surface area contributed by atoms with Crippen molar-refractivity contribution in [3.8, 4) is 0 Å². The third kappa shape index (κ3) is 4.93. The number of ether oxygens (including phenoxy) is 1. The zero-order valence-corrected chi connectivity index (χ0v) is 16.0. The number of nitrogens with one attached hydrogen (secondary N) is 2. The molecule has 26 heavy (non-hydrogen) atoms. The van der Waals surface area contributed by atoms with E-state index in [1.54, 1.807) is 7.11 Å². The average molecular weight is 357 g/mol. The van der Waals surface area contributed by atoms with Crippen molar-refractivity contribution in [1.29, 1.82) is 0 Å². The molecule has 1 saturated heterocycles. The highest BCUT2D eigenvalue weighted by Gasteiger charge is 2.18. The molecule has 0 bridgehead atoms.